The topological polar surface area (TPSA) is 111 Å². The normalized spacial score (nSPS) is 12.6. The van der Waals surface area contributed by atoms with Crippen LogP contribution in [0.5, 0.6) is 0 Å². The van der Waals surface area contributed by atoms with Crippen LogP contribution in [0.2, 0.25) is 0 Å². The minimum Gasteiger partial charge on any atom is -0.545 e. The van der Waals surface area contributed by atoms with E-state index in [4.69, 9.17) is 18.9 Å². The van der Waals surface area contributed by atoms with Crippen LogP contribution in [0.3, 0.4) is 0 Å². The number of esters is 2. The molecule has 9 nitrogen and oxygen atoms in total. The molecule has 0 aromatic heterocycles. The molecule has 0 aliphatic heterocycles. The highest BCUT2D eigenvalue weighted by Gasteiger charge is 2.22. The number of hydrogen-bond donors (Lipinski definition) is 0. The average molecular weight is 1340 g/mol. The van der Waals surface area contributed by atoms with Gasteiger partial charge in [0, 0.05) is 12.8 Å². The first kappa shape index (κ1) is 92.8. The number of likely N-dealkylation sites (N-methyl/N-ethyl adjacent to an activating group) is 1. The largest absolute Gasteiger partial charge is 0.545 e. The summed E-state index contributed by atoms with van der Waals surface area (Å²) in [5, 5.41) is 11.9. The number of carboxylic acid groups (broad SMARTS) is 1. The van der Waals surface area contributed by atoms with Crippen molar-refractivity contribution in [2.24, 2.45) is 0 Å². The Hall–Kier alpha value is -2.23. The average Bonchev–Trinajstić information content (AvgIpc) is 3.54. The zero-order chi connectivity index (χ0) is 69.0. The number of unbranched alkanes of at least 4 members (excludes halogenated alkanes) is 62. The summed E-state index contributed by atoms with van der Waals surface area (Å²) in [5.41, 5.74) is 0. The van der Waals surface area contributed by atoms with E-state index in [1.165, 1.54) is 385 Å². The number of quaternary nitrogens is 1. The predicted octanol–water partition coefficient (Wildman–Crippen LogP) is 25.9. The van der Waals surface area contributed by atoms with Crippen molar-refractivity contribution in [2.45, 2.75) is 463 Å². The molecule has 0 radical (unpaired) electrons. The second-order valence-corrected chi connectivity index (χ2v) is 30.5. The summed E-state index contributed by atoms with van der Waals surface area (Å²) < 4.78 is 22.9. The molecule has 0 saturated carbocycles. The first-order valence-corrected chi connectivity index (χ1v) is 42.5. The van der Waals surface area contributed by atoms with Gasteiger partial charge in [-0.3, -0.25) is 9.59 Å². The maximum Gasteiger partial charge on any atom is 0.306 e. The first-order chi connectivity index (χ1) is 46.6. The molecule has 0 aliphatic carbocycles. The van der Waals surface area contributed by atoms with Crippen molar-refractivity contribution in [3.05, 3.63) is 24.3 Å². The summed E-state index contributed by atoms with van der Waals surface area (Å²) in [4.78, 5) is 37.6. The van der Waals surface area contributed by atoms with Crippen LogP contribution in [0.15, 0.2) is 24.3 Å². The summed E-state index contributed by atoms with van der Waals surface area (Å²) in [6.45, 7) is 4.84. The molecule has 0 aliphatic rings. The number of nitrogens with zero attached hydrogens (tertiary/aromatic N) is 1. The van der Waals surface area contributed by atoms with Crippen LogP contribution in [0, 0.1) is 0 Å². The van der Waals surface area contributed by atoms with Crippen LogP contribution in [-0.2, 0) is 33.3 Å². The van der Waals surface area contributed by atoms with E-state index in [1.54, 1.807) is 0 Å². The molecule has 0 amide bonds. The molecule has 0 heterocycles. The van der Waals surface area contributed by atoms with Gasteiger partial charge < -0.3 is 33.3 Å². The molecular weight excluding hydrogens is 1170 g/mol. The van der Waals surface area contributed by atoms with Crippen molar-refractivity contribution in [2.75, 3.05) is 47.5 Å². The third kappa shape index (κ3) is 79.0. The fourth-order valence-electron chi connectivity index (χ4n) is 13.2. The van der Waals surface area contributed by atoms with Crippen LogP contribution in [0.4, 0.5) is 0 Å². The molecule has 0 saturated heterocycles. The summed E-state index contributed by atoms with van der Waals surface area (Å²) in [6.07, 6.45) is 96.2. The van der Waals surface area contributed by atoms with Crippen molar-refractivity contribution in [3.63, 3.8) is 0 Å². The molecular formula is C86H165NO8. The van der Waals surface area contributed by atoms with Gasteiger partial charge in [0.15, 0.2) is 12.4 Å². The Balaban J connectivity index is 3.90. The molecule has 0 aromatic rings. The Labute approximate surface area is 592 Å². The second-order valence-electron chi connectivity index (χ2n) is 30.5. The lowest BCUT2D eigenvalue weighted by atomic mass is 10.0. The van der Waals surface area contributed by atoms with Gasteiger partial charge >= 0.3 is 11.9 Å². The van der Waals surface area contributed by atoms with Crippen molar-refractivity contribution < 1.29 is 42.9 Å². The van der Waals surface area contributed by atoms with Gasteiger partial charge in [-0.2, -0.15) is 0 Å². The molecule has 2 unspecified atom stereocenters. The van der Waals surface area contributed by atoms with E-state index in [0.29, 0.717) is 17.4 Å². The highest BCUT2D eigenvalue weighted by atomic mass is 16.7. The van der Waals surface area contributed by atoms with Crippen molar-refractivity contribution >= 4 is 17.9 Å². The number of ether oxygens (including phenoxy) is 4. The monoisotopic (exact) mass is 1340 g/mol. The van der Waals surface area contributed by atoms with E-state index in [9.17, 15) is 19.5 Å². The van der Waals surface area contributed by atoms with Gasteiger partial charge in [-0.15, -0.1) is 0 Å². The summed E-state index contributed by atoms with van der Waals surface area (Å²) >= 11 is 0. The van der Waals surface area contributed by atoms with Crippen molar-refractivity contribution in [3.8, 4) is 0 Å². The SMILES string of the molecule is CCCCCCCCCC/C=C\CCCCCCCCCCCCCCCCCCCCCCCCCCCCCCCC(=O)OC(COC(=O)CCCCCCCCCCCCCCCCCCC/C=C\CCCCCCCCCC)COC(OCC[N+](C)(C)C)C(=O)[O-]. The zero-order valence-electron chi connectivity index (χ0n) is 64.6. The van der Waals surface area contributed by atoms with Gasteiger partial charge in [0.1, 0.15) is 13.2 Å². The lowest BCUT2D eigenvalue weighted by Crippen LogP contribution is -2.44. The molecule has 9 heteroatoms. The van der Waals surface area contributed by atoms with Crippen LogP contribution in [0.25, 0.3) is 0 Å². The molecule has 0 N–H and O–H groups in total. The van der Waals surface area contributed by atoms with Crippen molar-refractivity contribution in [1.29, 1.82) is 0 Å². The third-order valence-electron chi connectivity index (χ3n) is 19.7. The standard InChI is InChI=1S/C86H165NO8/c1-6-8-10-12-14-16-18-20-22-24-26-28-30-32-34-36-37-38-39-40-41-42-43-44-45-46-47-49-51-53-55-57-59-61-63-65-67-69-71-73-75-77-84(89)95-82(81-94-86(85(90)91)92-79-78-87(3,4)5)80-93-83(88)76-74-72-70-68-66-64-62-60-58-56-54-52-50-48-35-33-31-29-27-25-23-21-19-17-15-13-11-9-7-2/h24-27,82,86H,6-23,28-81H2,1-5H3/b26-24-,27-25-. The fourth-order valence-corrected chi connectivity index (χ4v) is 13.2. The molecule has 562 valence electrons. The second kappa shape index (κ2) is 77.5. The summed E-state index contributed by atoms with van der Waals surface area (Å²) in [7, 11) is 5.96. The van der Waals surface area contributed by atoms with E-state index in [1.807, 2.05) is 21.1 Å². The van der Waals surface area contributed by atoms with E-state index < -0.39 is 24.3 Å². The number of carbonyl (C=O) groups is 3. The number of hydrogen-bond acceptors (Lipinski definition) is 8. The van der Waals surface area contributed by atoms with Gasteiger partial charge in [-0.1, -0.05) is 398 Å². The minimum absolute atomic E-state index is 0.152. The van der Waals surface area contributed by atoms with E-state index >= 15 is 0 Å². The Bertz CT molecular complexity index is 1610. The smallest absolute Gasteiger partial charge is 0.306 e. The van der Waals surface area contributed by atoms with Gasteiger partial charge in [0.05, 0.1) is 40.3 Å². The highest BCUT2D eigenvalue weighted by Crippen LogP contribution is 2.21. The molecule has 0 aromatic carbocycles. The first-order valence-electron chi connectivity index (χ1n) is 42.5. The molecule has 95 heavy (non-hydrogen) atoms. The molecule has 2 atom stereocenters. The highest BCUT2D eigenvalue weighted by molar-refractivity contribution is 5.70. The molecule has 0 fully saturated rings. The summed E-state index contributed by atoms with van der Waals surface area (Å²) in [5.74, 6) is -2.24. The Morgan fingerprint density at radius 2 is 0.537 bits per heavy atom. The van der Waals surface area contributed by atoms with Gasteiger partial charge in [0.2, 0.25) is 0 Å². The maximum atomic E-state index is 13.0. The van der Waals surface area contributed by atoms with Crippen molar-refractivity contribution in [1.82, 2.24) is 0 Å². The molecule has 0 rings (SSSR count). The quantitative estimate of drug-likeness (QED) is 0.0195. The number of rotatable bonds is 81. The minimum atomic E-state index is -1.62. The summed E-state index contributed by atoms with van der Waals surface area (Å²) in [6, 6.07) is 0. The maximum absolute atomic E-state index is 13.0. The van der Waals surface area contributed by atoms with E-state index in [-0.39, 0.29) is 32.2 Å². The number of carboxylic acids is 1. The number of allylic oxidation sites excluding steroid dienone is 4. The predicted molar refractivity (Wildman–Crippen MR) is 408 cm³/mol. The van der Waals surface area contributed by atoms with Gasteiger partial charge in [-0.05, 0) is 64.2 Å². The Kier molecular flexibility index (Phi) is 75.7. The van der Waals surface area contributed by atoms with Crippen LogP contribution < -0.4 is 5.11 Å². The Morgan fingerprint density at radius 3 is 0.779 bits per heavy atom. The van der Waals surface area contributed by atoms with Gasteiger partial charge in [0.25, 0.3) is 0 Å². The van der Waals surface area contributed by atoms with Crippen LogP contribution in [0.1, 0.15) is 450 Å². The van der Waals surface area contributed by atoms with Crippen LogP contribution in [-0.4, -0.2) is 82.3 Å². The van der Waals surface area contributed by atoms with Gasteiger partial charge in [-0.25, -0.2) is 0 Å². The van der Waals surface area contributed by atoms with E-state index in [0.717, 1.165) is 38.5 Å². The fraction of sp³-hybridized carbons (Fsp3) is 0.919. The Morgan fingerprint density at radius 1 is 0.305 bits per heavy atom. The number of aliphatic carboxylic acids is 1. The van der Waals surface area contributed by atoms with Crippen LogP contribution >= 0.6 is 0 Å². The molecule has 0 spiro atoms. The molecule has 0 bridgehead atoms. The zero-order valence-corrected chi connectivity index (χ0v) is 64.6. The number of carbonyl (C=O) groups excluding carboxylic acids is 3. The lowest BCUT2D eigenvalue weighted by molar-refractivity contribution is -0.870. The lowest BCUT2D eigenvalue weighted by Gasteiger charge is -2.26. The third-order valence-corrected chi connectivity index (χ3v) is 19.7. The van der Waals surface area contributed by atoms with E-state index in [2.05, 4.69) is 38.2 Å².